The van der Waals surface area contributed by atoms with E-state index < -0.39 is 5.60 Å². The molecular formula is C19H36O3. The van der Waals surface area contributed by atoms with Crippen molar-refractivity contribution in [3.05, 3.63) is 11.6 Å². The predicted octanol–water partition coefficient (Wildman–Crippen LogP) is 5.17. The van der Waals surface area contributed by atoms with Crippen molar-refractivity contribution in [2.24, 2.45) is 0 Å². The van der Waals surface area contributed by atoms with Gasteiger partial charge in [0.1, 0.15) is 5.60 Å². The Kier molecular flexibility index (Phi) is 9.66. The predicted molar refractivity (Wildman–Crippen MR) is 92.8 cm³/mol. The van der Waals surface area contributed by atoms with Crippen LogP contribution in [0.5, 0.6) is 0 Å². The first-order valence-corrected chi connectivity index (χ1v) is 8.66. The molecule has 1 N–H and O–H groups in total. The van der Waals surface area contributed by atoms with Crippen LogP contribution >= 0.6 is 0 Å². The first-order valence-electron chi connectivity index (χ1n) is 8.66. The molecule has 0 aliphatic rings. The summed E-state index contributed by atoms with van der Waals surface area (Å²) >= 11 is 0. The summed E-state index contributed by atoms with van der Waals surface area (Å²) in [5, 5.41) is 9.63. The van der Waals surface area contributed by atoms with E-state index in [4.69, 9.17) is 4.74 Å². The maximum Gasteiger partial charge on any atom is 0.333 e. The van der Waals surface area contributed by atoms with E-state index in [2.05, 4.69) is 0 Å². The Bertz CT molecular complexity index is 348. The SMILES string of the molecule is CC=C(C)C(=O)OC(C)(C)CCCCCCCCC(C)(C)O. The third-order valence-electron chi connectivity index (χ3n) is 3.94. The molecule has 0 fully saturated rings. The van der Waals surface area contributed by atoms with Gasteiger partial charge in [-0.2, -0.15) is 0 Å². The lowest BCUT2D eigenvalue weighted by Gasteiger charge is -2.25. The fourth-order valence-corrected chi connectivity index (χ4v) is 2.32. The highest BCUT2D eigenvalue weighted by Gasteiger charge is 2.22. The minimum Gasteiger partial charge on any atom is -0.456 e. The van der Waals surface area contributed by atoms with Crippen LogP contribution in [0.4, 0.5) is 0 Å². The van der Waals surface area contributed by atoms with Gasteiger partial charge in [-0.3, -0.25) is 0 Å². The van der Waals surface area contributed by atoms with Crippen LogP contribution in [0.25, 0.3) is 0 Å². The molecule has 0 amide bonds. The molecule has 0 saturated heterocycles. The van der Waals surface area contributed by atoms with Crippen molar-refractivity contribution in [1.29, 1.82) is 0 Å². The van der Waals surface area contributed by atoms with Crippen LogP contribution in [0.3, 0.4) is 0 Å². The maximum atomic E-state index is 11.8. The van der Waals surface area contributed by atoms with Gasteiger partial charge >= 0.3 is 5.97 Å². The number of esters is 1. The van der Waals surface area contributed by atoms with Crippen LogP contribution < -0.4 is 0 Å². The summed E-state index contributed by atoms with van der Waals surface area (Å²) in [5.41, 5.74) is -0.249. The molecule has 0 bridgehead atoms. The largest absolute Gasteiger partial charge is 0.456 e. The zero-order valence-electron chi connectivity index (χ0n) is 15.5. The van der Waals surface area contributed by atoms with Gasteiger partial charge in [0.25, 0.3) is 0 Å². The van der Waals surface area contributed by atoms with Crippen molar-refractivity contribution in [1.82, 2.24) is 0 Å². The molecule has 0 aromatic rings. The summed E-state index contributed by atoms with van der Waals surface area (Å²) < 4.78 is 5.54. The molecule has 0 aliphatic carbocycles. The molecule has 3 heteroatoms. The molecule has 0 aliphatic heterocycles. The molecule has 130 valence electrons. The molecule has 0 radical (unpaired) electrons. The number of hydrogen-bond acceptors (Lipinski definition) is 3. The molecule has 0 spiro atoms. The smallest absolute Gasteiger partial charge is 0.333 e. The van der Waals surface area contributed by atoms with Crippen molar-refractivity contribution in [3.63, 3.8) is 0 Å². The topological polar surface area (TPSA) is 46.5 Å². The van der Waals surface area contributed by atoms with Crippen LogP contribution in [0.15, 0.2) is 11.6 Å². The van der Waals surface area contributed by atoms with Crippen LogP contribution in [-0.4, -0.2) is 22.3 Å². The Morgan fingerprint density at radius 2 is 1.41 bits per heavy atom. The van der Waals surface area contributed by atoms with Crippen LogP contribution in [0.1, 0.15) is 92.9 Å². The molecule has 0 unspecified atom stereocenters. The number of aliphatic hydroxyl groups is 1. The van der Waals surface area contributed by atoms with Gasteiger partial charge in [0.2, 0.25) is 0 Å². The molecule has 22 heavy (non-hydrogen) atoms. The van der Waals surface area contributed by atoms with E-state index in [-0.39, 0.29) is 11.6 Å². The molecule has 0 saturated carbocycles. The molecule has 0 heterocycles. The third kappa shape index (κ3) is 11.8. The second-order valence-corrected chi connectivity index (χ2v) is 7.55. The van der Waals surface area contributed by atoms with Gasteiger partial charge in [0.15, 0.2) is 0 Å². The van der Waals surface area contributed by atoms with Crippen molar-refractivity contribution >= 4 is 5.97 Å². The van der Waals surface area contributed by atoms with E-state index in [1.54, 1.807) is 13.0 Å². The monoisotopic (exact) mass is 312 g/mol. The van der Waals surface area contributed by atoms with E-state index in [0.717, 1.165) is 25.7 Å². The van der Waals surface area contributed by atoms with E-state index in [1.807, 2.05) is 34.6 Å². The summed E-state index contributed by atoms with van der Waals surface area (Å²) in [6, 6.07) is 0. The quantitative estimate of drug-likeness (QED) is 0.325. The zero-order chi connectivity index (χ0) is 17.2. The maximum absolute atomic E-state index is 11.8. The number of carbonyl (C=O) groups excluding carboxylic acids is 1. The van der Waals surface area contributed by atoms with Crippen LogP contribution in [0.2, 0.25) is 0 Å². The summed E-state index contributed by atoms with van der Waals surface area (Å²) in [6.07, 6.45) is 10.5. The number of unbranched alkanes of at least 4 members (excludes halogenated alkanes) is 5. The van der Waals surface area contributed by atoms with Crippen LogP contribution in [0, 0.1) is 0 Å². The van der Waals surface area contributed by atoms with Gasteiger partial charge < -0.3 is 9.84 Å². The highest BCUT2D eigenvalue weighted by Crippen LogP contribution is 2.21. The number of hydrogen-bond donors (Lipinski definition) is 1. The molecule has 0 aromatic heterocycles. The van der Waals surface area contributed by atoms with Crippen molar-refractivity contribution in [2.75, 3.05) is 0 Å². The number of carbonyl (C=O) groups is 1. The second-order valence-electron chi connectivity index (χ2n) is 7.55. The lowest BCUT2D eigenvalue weighted by Crippen LogP contribution is -2.28. The zero-order valence-corrected chi connectivity index (χ0v) is 15.5. The Hall–Kier alpha value is -0.830. The lowest BCUT2D eigenvalue weighted by molar-refractivity contribution is -0.152. The van der Waals surface area contributed by atoms with E-state index in [0.29, 0.717) is 5.57 Å². The molecule has 3 nitrogen and oxygen atoms in total. The van der Waals surface area contributed by atoms with Crippen LogP contribution in [-0.2, 0) is 9.53 Å². The highest BCUT2D eigenvalue weighted by molar-refractivity contribution is 5.87. The van der Waals surface area contributed by atoms with Gasteiger partial charge in [-0.25, -0.2) is 4.79 Å². The normalized spacial score (nSPS) is 13.3. The number of ether oxygens (including phenoxy) is 1. The molecule has 0 rings (SSSR count). The summed E-state index contributed by atoms with van der Waals surface area (Å²) in [4.78, 5) is 11.8. The van der Waals surface area contributed by atoms with E-state index in [9.17, 15) is 9.90 Å². The summed E-state index contributed by atoms with van der Waals surface area (Å²) in [7, 11) is 0. The Labute approximate surface area is 137 Å². The first kappa shape index (κ1) is 21.2. The molecule has 0 atom stereocenters. The first-order chi connectivity index (χ1) is 10.1. The second kappa shape index (κ2) is 10.0. The van der Waals surface area contributed by atoms with Crippen molar-refractivity contribution in [2.45, 2.75) is 104 Å². The average Bonchev–Trinajstić information content (AvgIpc) is 2.38. The summed E-state index contributed by atoms with van der Waals surface area (Å²) in [5.74, 6) is -0.209. The van der Waals surface area contributed by atoms with Gasteiger partial charge in [0, 0.05) is 5.57 Å². The molecular weight excluding hydrogens is 276 g/mol. The molecule has 0 aromatic carbocycles. The van der Waals surface area contributed by atoms with Gasteiger partial charge in [0.05, 0.1) is 5.60 Å². The number of allylic oxidation sites excluding steroid dienone is 1. The minimum absolute atomic E-state index is 0.209. The number of rotatable bonds is 11. The average molecular weight is 312 g/mol. The van der Waals surface area contributed by atoms with E-state index >= 15 is 0 Å². The Morgan fingerprint density at radius 1 is 0.955 bits per heavy atom. The Balaban J connectivity index is 3.71. The van der Waals surface area contributed by atoms with Crippen molar-refractivity contribution in [3.8, 4) is 0 Å². The highest BCUT2D eigenvalue weighted by atomic mass is 16.6. The standard InChI is InChI=1S/C19H36O3/c1-7-16(2)17(20)22-19(5,6)15-13-11-9-8-10-12-14-18(3,4)21/h7,21H,8-15H2,1-6H3. The summed E-state index contributed by atoms with van der Waals surface area (Å²) in [6.45, 7) is 11.3. The van der Waals surface area contributed by atoms with Gasteiger partial charge in [-0.15, -0.1) is 0 Å². The Morgan fingerprint density at radius 3 is 1.86 bits per heavy atom. The fraction of sp³-hybridized carbons (Fsp3) is 0.842. The van der Waals surface area contributed by atoms with Gasteiger partial charge in [-0.05, 0) is 60.8 Å². The van der Waals surface area contributed by atoms with Crippen molar-refractivity contribution < 1.29 is 14.6 Å². The third-order valence-corrected chi connectivity index (χ3v) is 3.94. The fourth-order valence-electron chi connectivity index (χ4n) is 2.32. The van der Waals surface area contributed by atoms with E-state index in [1.165, 1.54) is 25.7 Å². The lowest BCUT2D eigenvalue weighted by atomic mass is 9.97. The van der Waals surface area contributed by atoms with Gasteiger partial charge in [-0.1, -0.05) is 38.2 Å². The minimum atomic E-state index is -0.529.